The predicted octanol–water partition coefficient (Wildman–Crippen LogP) is 0.143. The van der Waals surface area contributed by atoms with Crippen molar-refractivity contribution in [1.82, 2.24) is 10.6 Å². The van der Waals surface area contributed by atoms with Crippen LogP contribution in [0.15, 0.2) is 0 Å². The van der Waals surface area contributed by atoms with E-state index in [2.05, 4.69) is 15.4 Å². The van der Waals surface area contributed by atoms with Crippen LogP contribution in [-0.2, 0) is 19.1 Å². The van der Waals surface area contributed by atoms with Gasteiger partial charge in [0.25, 0.3) is 0 Å². The molecule has 1 unspecified atom stereocenters. The summed E-state index contributed by atoms with van der Waals surface area (Å²) < 4.78 is 9.27. The predicted molar refractivity (Wildman–Crippen MR) is 72.0 cm³/mol. The Balaban J connectivity index is 3.74. The number of rotatable bonds is 8. The molecule has 0 aliphatic heterocycles. The number of thioether (sulfide) groups is 1. The maximum atomic E-state index is 11.4. The van der Waals surface area contributed by atoms with E-state index >= 15 is 0 Å². The molecule has 3 amide bonds. The smallest absolute Gasteiger partial charge is 0.321 e. The van der Waals surface area contributed by atoms with Crippen molar-refractivity contribution in [3.05, 3.63) is 0 Å². The number of nitrogens with one attached hydrogen (secondary N) is 2. The molecule has 0 bridgehead atoms. The highest BCUT2D eigenvalue weighted by atomic mass is 32.2. The molecule has 0 saturated heterocycles. The first-order valence-electron chi connectivity index (χ1n) is 5.74. The molecule has 1 atom stereocenters. The molecule has 7 nitrogen and oxygen atoms in total. The topological polar surface area (TPSA) is 93.7 Å². The summed E-state index contributed by atoms with van der Waals surface area (Å²) in [6.45, 7) is 2.53. The van der Waals surface area contributed by atoms with Crippen molar-refractivity contribution in [1.29, 1.82) is 0 Å². The van der Waals surface area contributed by atoms with Gasteiger partial charge in [-0.1, -0.05) is 6.92 Å². The number of amides is 3. The number of ether oxygens (including phenoxy) is 2. The molecular weight excluding hydrogens is 272 g/mol. The van der Waals surface area contributed by atoms with Gasteiger partial charge >= 0.3 is 12.0 Å². The van der Waals surface area contributed by atoms with E-state index in [9.17, 15) is 14.4 Å². The van der Waals surface area contributed by atoms with Crippen LogP contribution >= 0.6 is 11.8 Å². The molecule has 0 fully saturated rings. The molecule has 0 aliphatic rings. The van der Waals surface area contributed by atoms with Gasteiger partial charge in [0, 0.05) is 18.9 Å². The number of esters is 1. The molecule has 110 valence electrons. The second-order valence-corrected chi connectivity index (χ2v) is 5.13. The zero-order chi connectivity index (χ0) is 14.7. The van der Waals surface area contributed by atoms with Crippen molar-refractivity contribution in [2.75, 3.05) is 33.1 Å². The summed E-state index contributed by atoms with van der Waals surface area (Å²) in [5.74, 6) is -0.620. The molecule has 0 aromatic heterocycles. The molecular formula is C11H20N2O5S. The van der Waals surface area contributed by atoms with Gasteiger partial charge in [0.2, 0.25) is 5.91 Å². The molecule has 0 aromatic carbocycles. The van der Waals surface area contributed by atoms with E-state index in [-0.39, 0.29) is 23.4 Å². The highest BCUT2D eigenvalue weighted by Crippen LogP contribution is 2.13. The van der Waals surface area contributed by atoms with Crippen LogP contribution in [0.2, 0.25) is 0 Å². The minimum absolute atomic E-state index is 0.0465. The van der Waals surface area contributed by atoms with E-state index in [1.165, 1.54) is 26.0 Å². The number of urea groups is 1. The highest BCUT2D eigenvalue weighted by molar-refractivity contribution is 8.00. The standard InChI is InChI=1S/C11H20N2O5S/c1-8(6-10(15)18-3)19-7-9(14)13-11(16)12-4-5-17-2/h8H,4-7H2,1-3H3,(H2,12,13,14,16). The molecule has 0 aromatic rings. The van der Waals surface area contributed by atoms with Gasteiger partial charge in [-0.25, -0.2) is 4.79 Å². The van der Waals surface area contributed by atoms with Crippen LogP contribution < -0.4 is 10.6 Å². The summed E-state index contributed by atoms with van der Waals surface area (Å²) in [6.07, 6.45) is 0.231. The molecule has 0 spiro atoms. The average molecular weight is 292 g/mol. The van der Waals surface area contributed by atoms with Gasteiger partial charge in [-0.15, -0.1) is 11.8 Å². The minimum Gasteiger partial charge on any atom is -0.469 e. The molecule has 0 radical (unpaired) electrons. The molecule has 19 heavy (non-hydrogen) atoms. The fraction of sp³-hybridized carbons (Fsp3) is 0.727. The lowest BCUT2D eigenvalue weighted by Gasteiger charge is -2.10. The Hall–Kier alpha value is -1.28. The molecule has 2 N–H and O–H groups in total. The molecule has 0 saturated carbocycles. The average Bonchev–Trinajstić information content (AvgIpc) is 2.36. The van der Waals surface area contributed by atoms with Gasteiger partial charge in [-0.3, -0.25) is 14.9 Å². The van der Waals surface area contributed by atoms with Crippen molar-refractivity contribution < 1.29 is 23.9 Å². The molecule has 0 aliphatic carbocycles. The Morgan fingerprint density at radius 3 is 2.53 bits per heavy atom. The number of carbonyl (C=O) groups excluding carboxylic acids is 3. The third-order valence-corrected chi connectivity index (χ3v) is 3.19. The largest absolute Gasteiger partial charge is 0.469 e. The Morgan fingerprint density at radius 1 is 1.26 bits per heavy atom. The van der Waals surface area contributed by atoms with Gasteiger partial charge in [0.05, 0.1) is 25.9 Å². The summed E-state index contributed by atoms with van der Waals surface area (Å²) in [7, 11) is 2.83. The lowest BCUT2D eigenvalue weighted by molar-refractivity contribution is -0.140. The lowest BCUT2D eigenvalue weighted by atomic mass is 10.3. The summed E-state index contributed by atoms with van der Waals surface area (Å²) in [5.41, 5.74) is 0. The van der Waals surface area contributed by atoms with Crippen LogP contribution in [0.4, 0.5) is 4.79 Å². The SMILES string of the molecule is COCCNC(=O)NC(=O)CSC(C)CC(=O)OC. The van der Waals surface area contributed by atoms with Crippen molar-refractivity contribution >= 4 is 29.7 Å². The fourth-order valence-electron chi connectivity index (χ4n) is 1.07. The quantitative estimate of drug-likeness (QED) is 0.488. The van der Waals surface area contributed by atoms with Crippen LogP contribution in [0.3, 0.4) is 0 Å². The van der Waals surface area contributed by atoms with E-state index in [0.29, 0.717) is 13.2 Å². The zero-order valence-corrected chi connectivity index (χ0v) is 12.2. The second-order valence-electron chi connectivity index (χ2n) is 3.70. The van der Waals surface area contributed by atoms with E-state index < -0.39 is 11.9 Å². The summed E-state index contributed by atoms with van der Waals surface area (Å²) >= 11 is 1.28. The Morgan fingerprint density at radius 2 is 1.95 bits per heavy atom. The molecule has 0 heterocycles. The van der Waals surface area contributed by atoms with Crippen molar-refractivity contribution in [3.63, 3.8) is 0 Å². The monoisotopic (exact) mass is 292 g/mol. The number of carbonyl (C=O) groups is 3. The first-order valence-corrected chi connectivity index (χ1v) is 6.79. The zero-order valence-electron chi connectivity index (χ0n) is 11.4. The number of hydrogen-bond donors (Lipinski definition) is 2. The Kier molecular flexibility index (Phi) is 9.91. The third kappa shape index (κ3) is 10.3. The number of imide groups is 1. The molecule has 0 rings (SSSR count). The van der Waals surface area contributed by atoms with Gasteiger partial charge in [0.1, 0.15) is 0 Å². The van der Waals surface area contributed by atoms with Crippen LogP contribution in [-0.4, -0.2) is 56.3 Å². The maximum absolute atomic E-state index is 11.4. The van der Waals surface area contributed by atoms with Crippen LogP contribution in [0.1, 0.15) is 13.3 Å². The van der Waals surface area contributed by atoms with Crippen LogP contribution in [0.25, 0.3) is 0 Å². The van der Waals surface area contributed by atoms with Gasteiger partial charge < -0.3 is 14.8 Å². The first kappa shape index (κ1) is 17.7. The fourth-order valence-corrected chi connectivity index (χ4v) is 1.83. The number of methoxy groups -OCH3 is 2. The first-order chi connectivity index (χ1) is 8.99. The normalized spacial score (nSPS) is 11.5. The summed E-state index contributed by atoms with van der Waals surface area (Å²) in [5, 5.41) is 4.60. The van der Waals surface area contributed by atoms with Crippen molar-refractivity contribution in [2.45, 2.75) is 18.6 Å². The van der Waals surface area contributed by atoms with Crippen LogP contribution in [0, 0.1) is 0 Å². The van der Waals surface area contributed by atoms with Gasteiger partial charge in [-0.2, -0.15) is 0 Å². The summed E-state index contributed by atoms with van der Waals surface area (Å²) in [4.78, 5) is 33.6. The van der Waals surface area contributed by atoms with E-state index in [1.807, 2.05) is 6.92 Å². The Bertz CT molecular complexity index is 311. The minimum atomic E-state index is -0.553. The van der Waals surface area contributed by atoms with Crippen molar-refractivity contribution in [2.24, 2.45) is 0 Å². The van der Waals surface area contributed by atoms with E-state index in [4.69, 9.17) is 4.74 Å². The highest BCUT2D eigenvalue weighted by Gasteiger charge is 2.13. The molecule has 8 heteroatoms. The second kappa shape index (κ2) is 10.6. The van der Waals surface area contributed by atoms with Gasteiger partial charge in [-0.05, 0) is 0 Å². The third-order valence-electron chi connectivity index (χ3n) is 2.03. The lowest BCUT2D eigenvalue weighted by Crippen LogP contribution is -2.41. The van der Waals surface area contributed by atoms with E-state index in [0.717, 1.165) is 0 Å². The maximum Gasteiger partial charge on any atom is 0.321 e. The summed E-state index contributed by atoms with van der Waals surface area (Å²) in [6, 6.07) is -0.553. The van der Waals surface area contributed by atoms with Crippen molar-refractivity contribution in [3.8, 4) is 0 Å². The van der Waals surface area contributed by atoms with Crippen LogP contribution in [0.5, 0.6) is 0 Å². The number of hydrogen-bond acceptors (Lipinski definition) is 6. The Labute approximate surface area is 116 Å². The van der Waals surface area contributed by atoms with E-state index in [1.54, 1.807) is 0 Å². The van der Waals surface area contributed by atoms with Gasteiger partial charge in [0.15, 0.2) is 0 Å².